The molecule has 0 aliphatic carbocycles. The van der Waals surface area contributed by atoms with Gasteiger partial charge in [0.2, 0.25) is 5.91 Å². The molecule has 0 aromatic carbocycles. The van der Waals surface area contributed by atoms with Gasteiger partial charge < -0.3 is 89.9 Å². The van der Waals surface area contributed by atoms with E-state index in [0.29, 0.717) is 6.42 Å². The van der Waals surface area contributed by atoms with Crippen LogP contribution in [0.5, 0.6) is 0 Å². The minimum atomic E-state index is -1.98. The molecule has 3 saturated heterocycles. The normalized spacial score (nSPS) is 26.9. The fourth-order valence-corrected chi connectivity index (χ4v) is 12.7. The molecule has 3 heterocycles. The molecule has 0 aromatic rings. The van der Waals surface area contributed by atoms with E-state index < -0.39 is 124 Å². The van der Waals surface area contributed by atoms with E-state index in [0.717, 1.165) is 116 Å². The molecule has 1 amide bonds. The van der Waals surface area contributed by atoms with Gasteiger partial charge in [-0.1, -0.05) is 289 Å². The van der Waals surface area contributed by atoms with E-state index in [1.165, 1.54) is 122 Å². The molecule has 102 heavy (non-hydrogen) atoms. The minimum Gasteiger partial charge on any atom is -0.394 e. The molecule has 0 radical (unpaired) electrons. The highest BCUT2D eigenvalue weighted by Crippen LogP contribution is 2.33. The Balaban J connectivity index is 1.35. The predicted molar refractivity (Wildman–Crippen MR) is 406 cm³/mol. The van der Waals surface area contributed by atoms with Crippen LogP contribution in [-0.4, -0.2) is 193 Å². The first kappa shape index (κ1) is 92.4. The molecule has 0 bridgehead atoms. The third-order valence-corrected chi connectivity index (χ3v) is 19.0. The number of carbonyl (C=O) groups excluding carboxylic acids is 1. The number of nitrogens with one attached hydrogen (secondary N) is 1. The van der Waals surface area contributed by atoms with Crippen molar-refractivity contribution in [2.24, 2.45) is 0 Å². The van der Waals surface area contributed by atoms with Gasteiger partial charge in [-0.25, -0.2) is 0 Å². The molecule has 12 N–H and O–H groups in total. The first-order valence-corrected chi connectivity index (χ1v) is 39.8. The summed E-state index contributed by atoms with van der Waals surface area (Å²) in [5, 5.41) is 121. The largest absolute Gasteiger partial charge is 0.394 e. The number of ether oxygens (including phenoxy) is 6. The highest BCUT2D eigenvalue weighted by atomic mass is 16.8. The molecule has 3 aliphatic heterocycles. The third-order valence-electron chi connectivity index (χ3n) is 19.0. The Morgan fingerprint density at radius 1 is 0.363 bits per heavy atom. The first-order chi connectivity index (χ1) is 49.8. The van der Waals surface area contributed by atoms with Crippen molar-refractivity contribution in [3.05, 3.63) is 122 Å². The standard InChI is InChI=1S/C83H141NO18/c1-3-5-7-9-11-13-15-17-19-21-23-24-25-26-27-28-29-30-31-32-33-34-35-36-37-38-39-40-41-42-43-45-47-49-51-53-55-57-59-61-71(89)84-66(67(88)60-58-56-54-52-50-48-46-44-22-20-18-16-14-12-10-8-6-4-2)65-97-81-77(95)74(92)79(69(63-86)99-81)102-83-78(96)75(93)80(70(64-87)100-83)101-82-76(94)73(91)72(90)68(62-85)98-82/h5,7,11,13,17,19,23-24,26-27,29-30,32-33,35-36,38-39,58,60,66-70,72-83,85-88,90-96H,3-4,6,8-10,12,14-16,18,20-22,25,28,31,34,37,40-57,59,61-65H2,1-2H3,(H,84,89)/b7-5-,13-11-,19-17-,24-23-,27-26-,30-29-,33-32-,36-35-,39-38-,60-58+. The average molecular weight is 1440 g/mol. The van der Waals surface area contributed by atoms with Gasteiger partial charge in [-0.05, 0) is 89.9 Å². The quantitative estimate of drug-likeness (QED) is 0.0199. The fraction of sp³-hybridized carbons (Fsp3) is 0.747. The summed E-state index contributed by atoms with van der Waals surface area (Å²) in [6.45, 7) is 1.62. The van der Waals surface area contributed by atoms with E-state index in [1.54, 1.807) is 6.08 Å². The highest BCUT2D eigenvalue weighted by molar-refractivity contribution is 5.76. The van der Waals surface area contributed by atoms with Crippen LogP contribution < -0.4 is 5.32 Å². The van der Waals surface area contributed by atoms with E-state index >= 15 is 0 Å². The molecule has 3 rings (SSSR count). The number of aliphatic hydroxyl groups is 11. The Kier molecular flexibility index (Phi) is 56.4. The molecule has 0 spiro atoms. The van der Waals surface area contributed by atoms with Crippen LogP contribution in [0, 0.1) is 0 Å². The van der Waals surface area contributed by atoms with Gasteiger partial charge in [0, 0.05) is 6.42 Å². The Bertz CT molecular complexity index is 2320. The molecule has 3 aliphatic rings. The van der Waals surface area contributed by atoms with Crippen molar-refractivity contribution in [1.29, 1.82) is 0 Å². The number of hydrogen-bond donors (Lipinski definition) is 12. The van der Waals surface area contributed by atoms with E-state index in [2.05, 4.69) is 129 Å². The van der Waals surface area contributed by atoms with Gasteiger partial charge in [0.25, 0.3) is 0 Å². The number of aliphatic hydroxyl groups excluding tert-OH is 11. The Hall–Kier alpha value is -3.81. The SMILES string of the molecule is CC/C=C\C/C=C\C/C=C\C/C=C\C/C=C\C/C=C\C/C=C\C/C=C\C/C=C\CCCCCCCCCCCCCC(=O)NC(COC1OC(CO)C(OC2OC(CO)C(OC3OC(CO)C(O)C(O)C3O)C(O)C2O)C(O)C1O)C(O)/C=C/CCCCCCCCCCCCCCCCCC. The lowest BCUT2D eigenvalue weighted by Crippen LogP contribution is -2.66. The maximum absolute atomic E-state index is 13.5. The van der Waals surface area contributed by atoms with E-state index in [9.17, 15) is 61.0 Å². The first-order valence-electron chi connectivity index (χ1n) is 39.8. The smallest absolute Gasteiger partial charge is 0.220 e. The van der Waals surface area contributed by atoms with Gasteiger partial charge in [-0.2, -0.15) is 0 Å². The van der Waals surface area contributed by atoms with Crippen LogP contribution >= 0.6 is 0 Å². The lowest BCUT2D eigenvalue weighted by Gasteiger charge is -2.48. The van der Waals surface area contributed by atoms with E-state index in [-0.39, 0.29) is 18.9 Å². The lowest BCUT2D eigenvalue weighted by atomic mass is 9.96. The molecular weight excluding hydrogens is 1300 g/mol. The number of amides is 1. The zero-order chi connectivity index (χ0) is 73.9. The maximum atomic E-state index is 13.5. The van der Waals surface area contributed by atoms with E-state index in [4.69, 9.17) is 28.4 Å². The summed E-state index contributed by atoms with van der Waals surface area (Å²) in [4.78, 5) is 13.5. The fourth-order valence-electron chi connectivity index (χ4n) is 12.7. The number of unbranched alkanes of at least 4 members (excludes halogenated alkanes) is 27. The monoisotopic (exact) mass is 1440 g/mol. The molecule has 17 atom stereocenters. The van der Waals surface area contributed by atoms with Crippen LogP contribution in [0.2, 0.25) is 0 Å². The number of carbonyl (C=O) groups is 1. The predicted octanol–water partition coefficient (Wildman–Crippen LogP) is 13.1. The second-order valence-electron chi connectivity index (χ2n) is 27.8. The summed E-state index contributed by atoms with van der Waals surface area (Å²) in [5.41, 5.74) is 0. The second kappa shape index (κ2) is 62.3. The summed E-state index contributed by atoms with van der Waals surface area (Å²) in [7, 11) is 0. The van der Waals surface area contributed by atoms with Crippen LogP contribution in [0.15, 0.2) is 122 Å². The van der Waals surface area contributed by atoms with Crippen molar-refractivity contribution < 1.29 is 89.4 Å². The van der Waals surface area contributed by atoms with Crippen molar-refractivity contribution in [1.82, 2.24) is 5.32 Å². The topological polar surface area (TPSA) is 307 Å². The van der Waals surface area contributed by atoms with Gasteiger partial charge in [0.15, 0.2) is 18.9 Å². The summed E-state index contributed by atoms with van der Waals surface area (Å²) in [6.07, 6.45) is 60.3. The van der Waals surface area contributed by atoms with Crippen molar-refractivity contribution in [2.75, 3.05) is 26.4 Å². The molecule has 17 unspecified atom stereocenters. The summed E-state index contributed by atoms with van der Waals surface area (Å²) >= 11 is 0. The van der Waals surface area contributed by atoms with Crippen LogP contribution in [0.25, 0.3) is 0 Å². The van der Waals surface area contributed by atoms with Crippen molar-refractivity contribution in [3.8, 4) is 0 Å². The van der Waals surface area contributed by atoms with Crippen LogP contribution in [0.4, 0.5) is 0 Å². The Morgan fingerprint density at radius 3 is 1.06 bits per heavy atom. The van der Waals surface area contributed by atoms with E-state index in [1.807, 2.05) is 6.08 Å². The summed E-state index contributed by atoms with van der Waals surface area (Å²) in [6, 6.07) is -0.983. The zero-order valence-electron chi connectivity index (χ0n) is 62.5. The van der Waals surface area contributed by atoms with Gasteiger partial charge in [-0.15, -0.1) is 0 Å². The molecule has 3 fully saturated rings. The molecule has 19 nitrogen and oxygen atoms in total. The summed E-state index contributed by atoms with van der Waals surface area (Å²) < 4.78 is 34.4. The van der Waals surface area contributed by atoms with Crippen LogP contribution in [0.1, 0.15) is 264 Å². The molecule has 0 aromatic heterocycles. The van der Waals surface area contributed by atoms with Crippen LogP contribution in [0.3, 0.4) is 0 Å². The Labute approximate surface area is 614 Å². The van der Waals surface area contributed by atoms with Crippen molar-refractivity contribution in [3.63, 3.8) is 0 Å². The van der Waals surface area contributed by atoms with Gasteiger partial charge >= 0.3 is 0 Å². The number of allylic oxidation sites excluding steroid dienone is 19. The van der Waals surface area contributed by atoms with Gasteiger partial charge in [0.05, 0.1) is 38.6 Å². The maximum Gasteiger partial charge on any atom is 0.220 e. The third kappa shape index (κ3) is 41.9. The molecular formula is C83H141NO18. The average Bonchev–Trinajstić information content (AvgIpc) is 0.781. The number of hydrogen-bond acceptors (Lipinski definition) is 18. The molecule has 0 saturated carbocycles. The highest BCUT2D eigenvalue weighted by Gasteiger charge is 2.53. The molecule has 19 heteroatoms. The van der Waals surface area contributed by atoms with Crippen molar-refractivity contribution in [2.45, 2.75) is 369 Å². The van der Waals surface area contributed by atoms with Crippen LogP contribution in [-0.2, 0) is 33.2 Å². The van der Waals surface area contributed by atoms with Crippen molar-refractivity contribution >= 4 is 5.91 Å². The molecule has 586 valence electrons. The minimum absolute atomic E-state index is 0.233. The second-order valence-corrected chi connectivity index (χ2v) is 27.8. The zero-order valence-corrected chi connectivity index (χ0v) is 62.5. The number of rotatable bonds is 61. The summed E-state index contributed by atoms with van der Waals surface area (Å²) in [5.74, 6) is -0.282. The Morgan fingerprint density at radius 2 is 0.676 bits per heavy atom. The van der Waals surface area contributed by atoms with Gasteiger partial charge in [-0.3, -0.25) is 4.79 Å². The van der Waals surface area contributed by atoms with Gasteiger partial charge in [0.1, 0.15) is 73.2 Å². The lowest BCUT2D eigenvalue weighted by molar-refractivity contribution is -0.379.